The van der Waals surface area contributed by atoms with E-state index in [1.807, 2.05) is 12.1 Å². The van der Waals surface area contributed by atoms with E-state index in [1.54, 1.807) is 35.2 Å². The molecular weight excluding hydrogens is 457 g/mol. The molecule has 2 aromatic rings. The normalized spacial score (nSPS) is 19.7. The number of Topliss-reactive ketones (excluding diaryl/α,β-unsaturated/α-hetero) is 2. The average molecular weight is 474 g/mol. The van der Waals surface area contributed by atoms with Crippen molar-refractivity contribution in [3.05, 3.63) is 74.1 Å². The van der Waals surface area contributed by atoms with Crippen LogP contribution in [0.4, 0.5) is 0 Å². The molecular formula is C23H17Cl2NO4S. The van der Waals surface area contributed by atoms with Gasteiger partial charge < -0.3 is 9.64 Å². The van der Waals surface area contributed by atoms with Gasteiger partial charge in [-0.25, -0.2) is 0 Å². The van der Waals surface area contributed by atoms with Crippen molar-refractivity contribution in [2.24, 2.45) is 0 Å². The van der Waals surface area contributed by atoms with Gasteiger partial charge in [0.25, 0.3) is 5.91 Å². The number of fused-ring (bicyclic) bond motifs is 2. The molecule has 1 aliphatic carbocycles. The lowest BCUT2D eigenvalue weighted by Crippen LogP contribution is -2.50. The van der Waals surface area contributed by atoms with Gasteiger partial charge in [0.2, 0.25) is 11.6 Å². The van der Waals surface area contributed by atoms with Gasteiger partial charge in [0.15, 0.2) is 0 Å². The van der Waals surface area contributed by atoms with E-state index in [2.05, 4.69) is 0 Å². The van der Waals surface area contributed by atoms with E-state index in [4.69, 9.17) is 27.9 Å². The molecule has 1 amide bonds. The predicted molar refractivity (Wildman–Crippen MR) is 121 cm³/mol. The summed E-state index contributed by atoms with van der Waals surface area (Å²) in [5.41, 5.74) is 1.07. The average Bonchev–Trinajstić information content (AvgIpc) is 2.79. The maximum atomic E-state index is 12.9. The Morgan fingerprint density at radius 1 is 0.968 bits per heavy atom. The van der Waals surface area contributed by atoms with E-state index >= 15 is 0 Å². The van der Waals surface area contributed by atoms with Gasteiger partial charge in [0.05, 0.1) is 10.0 Å². The van der Waals surface area contributed by atoms with Crippen LogP contribution in [-0.2, 0) is 9.53 Å². The Kier molecular flexibility index (Phi) is 5.12. The predicted octanol–water partition coefficient (Wildman–Crippen LogP) is 4.87. The van der Waals surface area contributed by atoms with Gasteiger partial charge in [0.1, 0.15) is 16.3 Å². The monoisotopic (exact) mass is 473 g/mol. The van der Waals surface area contributed by atoms with Crippen LogP contribution in [0.15, 0.2) is 47.4 Å². The van der Waals surface area contributed by atoms with Crippen molar-refractivity contribution in [2.45, 2.75) is 18.4 Å². The molecule has 2 heterocycles. The molecule has 0 aromatic heterocycles. The number of nitrogens with zero attached hydrogens (tertiary/aromatic N) is 1. The third kappa shape index (κ3) is 3.47. The quantitative estimate of drug-likeness (QED) is 0.553. The first-order valence-corrected chi connectivity index (χ1v) is 11.6. The molecule has 0 atom stereocenters. The summed E-state index contributed by atoms with van der Waals surface area (Å²) in [5, 5.41) is 0.760. The number of likely N-dealkylation sites (tertiary alicyclic amines) is 1. The molecule has 0 unspecified atom stereocenters. The van der Waals surface area contributed by atoms with Crippen LogP contribution in [0.2, 0.25) is 10.0 Å². The lowest BCUT2D eigenvalue weighted by atomic mass is 9.89. The van der Waals surface area contributed by atoms with E-state index in [-0.39, 0.29) is 5.91 Å². The molecule has 0 N–H and O–H groups in total. The van der Waals surface area contributed by atoms with Crippen molar-refractivity contribution in [3.8, 4) is 0 Å². The van der Waals surface area contributed by atoms with E-state index in [0.717, 1.165) is 0 Å². The summed E-state index contributed by atoms with van der Waals surface area (Å²) >= 11 is 13.4. The molecule has 5 rings (SSSR count). The minimum absolute atomic E-state index is 0.0967. The Morgan fingerprint density at radius 2 is 1.68 bits per heavy atom. The number of rotatable bonds is 1. The second-order valence-electron chi connectivity index (χ2n) is 7.86. The maximum absolute atomic E-state index is 12.9. The van der Waals surface area contributed by atoms with E-state index < -0.39 is 17.2 Å². The van der Waals surface area contributed by atoms with Gasteiger partial charge in [-0.15, -0.1) is 11.8 Å². The molecule has 31 heavy (non-hydrogen) atoms. The largest absolute Gasteiger partial charge is 0.484 e. The Bertz CT molecular complexity index is 1170. The molecule has 3 aliphatic rings. The fourth-order valence-corrected chi connectivity index (χ4v) is 5.75. The van der Waals surface area contributed by atoms with E-state index in [0.29, 0.717) is 69.1 Å². The third-order valence-electron chi connectivity index (χ3n) is 5.96. The molecule has 2 aromatic carbocycles. The summed E-state index contributed by atoms with van der Waals surface area (Å²) in [7, 11) is 0. The highest BCUT2D eigenvalue weighted by Crippen LogP contribution is 2.47. The Labute approximate surface area is 193 Å². The first kappa shape index (κ1) is 20.6. The fraction of sp³-hybridized carbons (Fsp3) is 0.261. The van der Waals surface area contributed by atoms with Crippen molar-refractivity contribution < 1.29 is 19.1 Å². The van der Waals surface area contributed by atoms with Crippen molar-refractivity contribution in [1.29, 1.82) is 0 Å². The maximum Gasteiger partial charge on any atom is 0.253 e. The van der Waals surface area contributed by atoms with Crippen molar-refractivity contribution in [2.75, 3.05) is 18.8 Å². The number of ketones is 2. The topological polar surface area (TPSA) is 63.7 Å². The highest BCUT2D eigenvalue weighted by atomic mass is 35.5. The highest BCUT2D eigenvalue weighted by molar-refractivity contribution is 8.04. The lowest BCUT2D eigenvalue weighted by Gasteiger charge is -2.45. The molecule has 158 valence electrons. The number of thioether (sulfide) groups is 1. The number of benzene rings is 2. The van der Waals surface area contributed by atoms with Crippen LogP contribution in [0.5, 0.6) is 0 Å². The van der Waals surface area contributed by atoms with Crippen LogP contribution in [0.1, 0.15) is 39.1 Å². The summed E-state index contributed by atoms with van der Waals surface area (Å²) in [5.74, 6) is -0.00699. The van der Waals surface area contributed by atoms with Crippen LogP contribution >= 0.6 is 35.0 Å². The summed E-state index contributed by atoms with van der Waals surface area (Å²) in [4.78, 5) is 40.1. The fourth-order valence-electron chi connectivity index (χ4n) is 4.19. The first-order valence-electron chi connectivity index (χ1n) is 9.87. The molecule has 2 aliphatic heterocycles. The summed E-state index contributed by atoms with van der Waals surface area (Å²) in [6, 6.07) is 11.9. The third-order valence-corrected chi connectivity index (χ3v) is 8.03. The Hall–Kier alpha value is -2.28. The first-order chi connectivity index (χ1) is 14.9. The minimum Gasteiger partial charge on any atom is -0.484 e. The zero-order valence-electron chi connectivity index (χ0n) is 16.3. The minimum atomic E-state index is -0.499. The number of carbonyl (C=O) groups is 3. The number of allylic oxidation sites excluding steroid dienone is 1. The van der Waals surface area contributed by atoms with Crippen LogP contribution in [0.25, 0.3) is 5.76 Å². The van der Waals surface area contributed by atoms with Gasteiger partial charge in [-0.2, -0.15) is 0 Å². The standard InChI is InChI=1S/C23H17Cl2NO4S/c24-16-6-5-13(11-17(16)25)22(29)26-9-7-23(8-10-26)12-31-21-19(28)18(27)14-3-1-2-4-15(14)20(21)30-23/h1-6,11H,7-10,12H2. The van der Waals surface area contributed by atoms with Crippen molar-refractivity contribution >= 4 is 58.2 Å². The SMILES string of the molecule is O=C1C(=O)c2ccccc2C2=C1SCC1(CCN(C(=O)c3ccc(Cl)c(Cl)c3)CC1)O2. The van der Waals surface area contributed by atoms with Crippen LogP contribution in [-0.4, -0.2) is 46.8 Å². The second-order valence-corrected chi connectivity index (χ2v) is 9.66. The Morgan fingerprint density at radius 3 is 2.39 bits per heavy atom. The van der Waals surface area contributed by atoms with Crippen LogP contribution in [0.3, 0.4) is 0 Å². The molecule has 0 bridgehead atoms. The summed E-state index contributed by atoms with van der Waals surface area (Å²) in [6.45, 7) is 1.05. The number of carbonyl (C=O) groups excluding carboxylic acids is 3. The molecule has 1 spiro atoms. The molecule has 1 fully saturated rings. The van der Waals surface area contributed by atoms with Gasteiger partial charge in [-0.05, 0) is 18.2 Å². The van der Waals surface area contributed by atoms with E-state index in [9.17, 15) is 14.4 Å². The van der Waals surface area contributed by atoms with Gasteiger partial charge in [0, 0.05) is 48.4 Å². The smallest absolute Gasteiger partial charge is 0.253 e. The summed E-state index contributed by atoms with van der Waals surface area (Å²) in [6.07, 6.45) is 1.27. The molecule has 0 radical (unpaired) electrons. The number of hydrogen-bond donors (Lipinski definition) is 0. The zero-order valence-corrected chi connectivity index (χ0v) is 18.6. The van der Waals surface area contributed by atoms with Crippen molar-refractivity contribution in [3.63, 3.8) is 0 Å². The van der Waals surface area contributed by atoms with Crippen molar-refractivity contribution in [1.82, 2.24) is 4.90 Å². The van der Waals surface area contributed by atoms with Gasteiger partial charge in [-0.1, -0.05) is 47.5 Å². The second kappa shape index (κ2) is 7.69. The Balaban J connectivity index is 1.36. The van der Waals surface area contributed by atoms with Crippen LogP contribution in [0, 0.1) is 0 Å². The number of amides is 1. The summed E-state index contributed by atoms with van der Waals surface area (Å²) < 4.78 is 6.44. The molecule has 5 nitrogen and oxygen atoms in total. The lowest BCUT2D eigenvalue weighted by molar-refractivity contribution is -0.111. The molecule has 1 saturated heterocycles. The van der Waals surface area contributed by atoms with E-state index in [1.165, 1.54) is 11.8 Å². The highest BCUT2D eigenvalue weighted by Gasteiger charge is 2.46. The molecule has 0 saturated carbocycles. The number of halogens is 2. The number of ether oxygens (including phenoxy) is 1. The van der Waals surface area contributed by atoms with Crippen LogP contribution < -0.4 is 0 Å². The number of piperidine rings is 1. The van der Waals surface area contributed by atoms with Gasteiger partial charge in [-0.3, -0.25) is 14.4 Å². The number of hydrogen-bond acceptors (Lipinski definition) is 5. The van der Waals surface area contributed by atoms with Gasteiger partial charge >= 0.3 is 0 Å². The zero-order chi connectivity index (χ0) is 21.8. The molecule has 8 heteroatoms.